The zero-order valence-corrected chi connectivity index (χ0v) is 15.9. The van der Waals surface area contributed by atoms with E-state index in [0.717, 1.165) is 21.9 Å². The van der Waals surface area contributed by atoms with Crippen LogP contribution >= 0.6 is 11.3 Å². The van der Waals surface area contributed by atoms with Gasteiger partial charge in [-0.3, -0.25) is 9.59 Å². The number of hydrogen-bond acceptors (Lipinski definition) is 5. The minimum Gasteiger partial charge on any atom is -0.340 e. The SMILES string of the molecule is Cc1nc(NC(=O)C2CN(c3ccccc3)c3ccccc3C2=O)sc1C. The van der Waals surface area contributed by atoms with Crippen molar-refractivity contribution in [3.8, 4) is 0 Å². The van der Waals surface area contributed by atoms with Crippen LogP contribution in [-0.2, 0) is 4.79 Å². The molecule has 1 aliphatic rings. The average Bonchev–Trinajstić information content (AvgIpc) is 3.00. The van der Waals surface area contributed by atoms with Gasteiger partial charge in [-0.2, -0.15) is 0 Å². The molecular formula is C21H19N3O2S. The van der Waals surface area contributed by atoms with Gasteiger partial charge in [0.2, 0.25) is 5.91 Å². The molecule has 1 amide bonds. The summed E-state index contributed by atoms with van der Waals surface area (Å²) in [5.74, 6) is -1.26. The summed E-state index contributed by atoms with van der Waals surface area (Å²) in [7, 11) is 0. The molecule has 0 bridgehead atoms. The number of Topliss-reactive ketones (excluding diaryl/α,β-unsaturated/α-hetero) is 1. The normalized spacial score (nSPS) is 16.1. The van der Waals surface area contributed by atoms with E-state index in [2.05, 4.69) is 10.3 Å². The van der Waals surface area contributed by atoms with Crippen molar-refractivity contribution < 1.29 is 9.59 Å². The molecule has 0 spiro atoms. The van der Waals surface area contributed by atoms with Gasteiger partial charge in [-0.25, -0.2) is 4.98 Å². The Morgan fingerprint density at radius 1 is 1.11 bits per heavy atom. The van der Waals surface area contributed by atoms with Gasteiger partial charge >= 0.3 is 0 Å². The van der Waals surface area contributed by atoms with Crippen molar-refractivity contribution in [2.45, 2.75) is 13.8 Å². The number of rotatable bonds is 3. The van der Waals surface area contributed by atoms with E-state index in [0.29, 0.717) is 17.2 Å². The number of hydrogen-bond donors (Lipinski definition) is 1. The van der Waals surface area contributed by atoms with Gasteiger partial charge in [0.25, 0.3) is 0 Å². The number of carbonyl (C=O) groups excluding carboxylic acids is 2. The third kappa shape index (κ3) is 3.24. The molecule has 1 unspecified atom stereocenters. The summed E-state index contributed by atoms with van der Waals surface area (Å²) >= 11 is 1.42. The number of carbonyl (C=O) groups is 2. The fourth-order valence-electron chi connectivity index (χ4n) is 3.24. The van der Waals surface area contributed by atoms with Crippen LogP contribution in [0.2, 0.25) is 0 Å². The molecular weight excluding hydrogens is 358 g/mol. The fourth-order valence-corrected chi connectivity index (χ4v) is 4.06. The topological polar surface area (TPSA) is 62.3 Å². The van der Waals surface area contributed by atoms with E-state index in [1.807, 2.05) is 67.3 Å². The van der Waals surface area contributed by atoms with Crippen LogP contribution in [-0.4, -0.2) is 23.2 Å². The first-order chi connectivity index (χ1) is 13.0. The maximum atomic E-state index is 13.0. The quantitative estimate of drug-likeness (QED) is 0.690. The van der Waals surface area contributed by atoms with Gasteiger partial charge in [0, 0.05) is 22.7 Å². The van der Waals surface area contributed by atoms with E-state index in [1.54, 1.807) is 6.07 Å². The minimum absolute atomic E-state index is 0.153. The predicted molar refractivity (Wildman–Crippen MR) is 108 cm³/mol. The monoisotopic (exact) mass is 377 g/mol. The lowest BCUT2D eigenvalue weighted by molar-refractivity contribution is -0.118. The Labute approximate surface area is 161 Å². The Hall–Kier alpha value is -2.99. The summed E-state index contributed by atoms with van der Waals surface area (Å²) in [6, 6.07) is 17.2. The fraction of sp³-hybridized carbons (Fsp3) is 0.190. The van der Waals surface area contributed by atoms with Gasteiger partial charge in [-0.1, -0.05) is 30.3 Å². The number of aromatic nitrogens is 1. The molecule has 4 rings (SSSR count). The number of thiazole rings is 1. The zero-order valence-electron chi connectivity index (χ0n) is 15.1. The van der Waals surface area contributed by atoms with Crippen LogP contribution in [0.25, 0.3) is 0 Å². The van der Waals surface area contributed by atoms with Crippen molar-refractivity contribution in [1.82, 2.24) is 4.98 Å². The molecule has 0 saturated carbocycles. The molecule has 27 heavy (non-hydrogen) atoms. The van der Waals surface area contributed by atoms with E-state index in [-0.39, 0.29) is 11.7 Å². The molecule has 0 fully saturated rings. The van der Waals surface area contributed by atoms with Crippen molar-refractivity contribution in [3.63, 3.8) is 0 Å². The lowest BCUT2D eigenvalue weighted by Gasteiger charge is -2.34. The van der Waals surface area contributed by atoms with Gasteiger partial charge < -0.3 is 10.2 Å². The van der Waals surface area contributed by atoms with Crippen LogP contribution in [0.4, 0.5) is 16.5 Å². The van der Waals surface area contributed by atoms with E-state index >= 15 is 0 Å². The first-order valence-electron chi connectivity index (χ1n) is 8.75. The third-order valence-corrected chi connectivity index (χ3v) is 5.77. The van der Waals surface area contributed by atoms with Crippen molar-refractivity contribution in [3.05, 3.63) is 70.7 Å². The van der Waals surface area contributed by atoms with Gasteiger partial charge in [0.05, 0.1) is 11.4 Å². The Bertz CT molecular complexity index is 994. The third-order valence-electron chi connectivity index (χ3n) is 4.78. The number of ketones is 1. The second kappa shape index (κ2) is 6.96. The molecule has 0 aliphatic carbocycles. The Morgan fingerprint density at radius 3 is 2.52 bits per heavy atom. The molecule has 1 atom stereocenters. The first-order valence-corrected chi connectivity index (χ1v) is 9.57. The van der Waals surface area contributed by atoms with Crippen LogP contribution in [0.15, 0.2) is 54.6 Å². The number of aryl methyl sites for hydroxylation is 2. The summed E-state index contributed by atoms with van der Waals surface area (Å²) in [5.41, 5.74) is 3.25. The molecule has 3 aromatic rings. The second-order valence-corrected chi connectivity index (χ2v) is 7.73. The molecule has 0 saturated heterocycles. The smallest absolute Gasteiger partial charge is 0.238 e. The molecule has 1 aromatic heterocycles. The summed E-state index contributed by atoms with van der Waals surface area (Å²) < 4.78 is 0. The number of amides is 1. The molecule has 2 aromatic carbocycles. The van der Waals surface area contributed by atoms with Crippen molar-refractivity contribution in [2.24, 2.45) is 5.92 Å². The zero-order chi connectivity index (χ0) is 19.0. The minimum atomic E-state index is -0.787. The number of benzene rings is 2. The predicted octanol–water partition coefficient (Wildman–Crippen LogP) is 4.35. The van der Waals surface area contributed by atoms with E-state index in [9.17, 15) is 9.59 Å². The Morgan fingerprint density at radius 2 is 1.81 bits per heavy atom. The Kier molecular flexibility index (Phi) is 4.49. The number of para-hydroxylation sites is 2. The maximum Gasteiger partial charge on any atom is 0.238 e. The molecule has 5 nitrogen and oxygen atoms in total. The van der Waals surface area contributed by atoms with Crippen LogP contribution in [0.5, 0.6) is 0 Å². The van der Waals surface area contributed by atoms with Gasteiger partial charge in [0.15, 0.2) is 10.9 Å². The van der Waals surface area contributed by atoms with Crippen LogP contribution in [0, 0.1) is 19.8 Å². The second-order valence-electron chi connectivity index (χ2n) is 6.53. The van der Waals surface area contributed by atoms with E-state index < -0.39 is 5.92 Å². The van der Waals surface area contributed by atoms with Gasteiger partial charge in [0.1, 0.15) is 5.92 Å². The number of anilines is 3. The highest BCUT2D eigenvalue weighted by Crippen LogP contribution is 2.35. The summed E-state index contributed by atoms with van der Waals surface area (Å²) in [4.78, 5) is 33.3. The lowest BCUT2D eigenvalue weighted by atomic mass is 9.90. The number of nitrogens with one attached hydrogen (secondary N) is 1. The molecule has 1 aliphatic heterocycles. The summed E-state index contributed by atoms with van der Waals surface area (Å²) in [5, 5.41) is 3.36. The standard InChI is InChI=1S/C21H19N3O2S/c1-13-14(2)27-21(22-13)23-20(26)17-12-24(15-8-4-3-5-9-15)18-11-7-6-10-16(18)19(17)25/h3-11,17H,12H2,1-2H3,(H,22,23,26). The highest BCUT2D eigenvalue weighted by atomic mass is 32.1. The lowest BCUT2D eigenvalue weighted by Crippen LogP contribution is -2.42. The van der Waals surface area contributed by atoms with Crippen molar-refractivity contribution in [2.75, 3.05) is 16.8 Å². The highest BCUT2D eigenvalue weighted by Gasteiger charge is 2.37. The first kappa shape index (κ1) is 17.4. The van der Waals surface area contributed by atoms with E-state index in [1.165, 1.54) is 11.3 Å². The summed E-state index contributed by atoms with van der Waals surface area (Å²) in [6.07, 6.45) is 0. The largest absolute Gasteiger partial charge is 0.340 e. The molecule has 1 N–H and O–H groups in total. The average molecular weight is 377 g/mol. The Balaban J connectivity index is 1.68. The van der Waals surface area contributed by atoms with Crippen LogP contribution in [0.3, 0.4) is 0 Å². The van der Waals surface area contributed by atoms with Crippen molar-refractivity contribution >= 4 is 39.5 Å². The molecule has 6 heteroatoms. The molecule has 2 heterocycles. The number of nitrogens with zero attached hydrogens (tertiary/aromatic N) is 2. The van der Waals surface area contributed by atoms with Crippen molar-refractivity contribution in [1.29, 1.82) is 0 Å². The number of fused-ring (bicyclic) bond motifs is 1. The van der Waals surface area contributed by atoms with Crippen LogP contribution < -0.4 is 10.2 Å². The van der Waals surface area contributed by atoms with E-state index in [4.69, 9.17) is 0 Å². The van der Waals surface area contributed by atoms with Crippen LogP contribution in [0.1, 0.15) is 20.9 Å². The maximum absolute atomic E-state index is 13.0. The highest BCUT2D eigenvalue weighted by molar-refractivity contribution is 7.15. The van der Waals surface area contributed by atoms with Gasteiger partial charge in [-0.15, -0.1) is 11.3 Å². The molecule has 0 radical (unpaired) electrons. The summed E-state index contributed by atoms with van der Waals surface area (Å²) in [6.45, 7) is 4.16. The molecule has 136 valence electrons. The van der Waals surface area contributed by atoms with Gasteiger partial charge in [-0.05, 0) is 38.1 Å².